The molecule has 0 aromatic heterocycles. The average Bonchev–Trinajstić information content (AvgIpc) is 2.46. The number of carbonyl (C=O) groups excluding carboxylic acids is 2. The molecule has 1 aliphatic carbocycles. The summed E-state index contributed by atoms with van der Waals surface area (Å²) in [5, 5.41) is 5.68. The Morgan fingerprint density at radius 1 is 0.864 bits per heavy atom. The van der Waals surface area contributed by atoms with Gasteiger partial charge in [-0.05, 0) is 40.5 Å². The first kappa shape index (κ1) is 18.1. The van der Waals surface area contributed by atoms with Crippen molar-refractivity contribution in [3.63, 3.8) is 0 Å². The highest BCUT2D eigenvalue weighted by atomic mass is 16.2. The van der Waals surface area contributed by atoms with E-state index in [0.717, 1.165) is 12.8 Å². The van der Waals surface area contributed by atoms with Crippen LogP contribution in [-0.2, 0) is 9.59 Å². The van der Waals surface area contributed by atoms with Gasteiger partial charge in [-0.25, -0.2) is 0 Å². The quantitative estimate of drug-likeness (QED) is 0.779. The zero-order chi connectivity index (χ0) is 17.0. The second-order valence-corrected chi connectivity index (χ2v) is 7.01. The maximum atomic E-state index is 12.5. The summed E-state index contributed by atoms with van der Waals surface area (Å²) >= 11 is 0. The van der Waals surface area contributed by atoms with Crippen molar-refractivity contribution in [1.29, 1.82) is 0 Å². The number of carbonyl (C=O) groups is 2. The molecule has 0 aromatic carbocycles. The van der Waals surface area contributed by atoms with Crippen molar-refractivity contribution in [2.45, 2.75) is 64.5 Å². The van der Waals surface area contributed by atoms with Crippen LogP contribution in [0.1, 0.15) is 53.4 Å². The van der Waals surface area contributed by atoms with Crippen LogP contribution in [0.4, 0.5) is 0 Å². The van der Waals surface area contributed by atoms with Gasteiger partial charge in [0.15, 0.2) is 0 Å². The van der Waals surface area contributed by atoms with Gasteiger partial charge in [-0.3, -0.25) is 9.59 Å². The van der Waals surface area contributed by atoms with Crippen molar-refractivity contribution in [2.75, 3.05) is 0 Å². The van der Waals surface area contributed by atoms with Gasteiger partial charge in [0.05, 0.1) is 11.1 Å². The summed E-state index contributed by atoms with van der Waals surface area (Å²) in [7, 11) is 0. The summed E-state index contributed by atoms with van der Waals surface area (Å²) in [6.45, 7) is 7.07. The van der Waals surface area contributed by atoms with Crippen LogP contribution in [0, 0.1) is 36.5 Å². The van der Waals surface area contributed by atoms with Crippen molar-refractivity contribution in [1.82, 2.24) is 10.6 Å². The van der Waals surface area contributed by atoms with Crippen LogP contribution in [0.5, 0.6) is 0 Å². The first-order valence-electron chi connectivity index (χ1n) is 7.71. The van der Waals surface area contributed by atoms with Crippen LogP contribution in [0.2, 0.25) is 0 Å². The summed E-state index contributed by atoms with van der Waals surface area (Å²) < 4.78 is 0. The maximum Gasteiger partial charge on any atom is 0.225 e. The van der Waals surface area contributed by atoms with Gasteiger partial charge in [0.1, 0.15) is 0 Å². The van der Waals surface area contributed by atoms with Crippen molar-refractivity contribution >= 4 is 11.8 Å². The molecular weight excluding hydrogens is 276 g/mol. The molecule has 1 saturated carbocycles. The molecule has 0 aliphatic heterocycles. The number of hydrogen-bond acceptors (Lipinski definition) is 2. The van der Waals surface area contributed by atoms with Crippen LogP contribution >= 0.6 is 0 Å². The van der Waals surface area contributed by atoms with E-state index >= 15 is 0 Å². The molecule has 1 fully saturated rings. The van der Waals surface area contributed by atoms with E-state index in [2.05, 4.69) is 22.5 Å². The van der Waals surface area contributed by atoms with Crippen molar-refractivity contribution in [2.24, 2.45) is 11.8 Å². The Labute approximate surface area is 133 Å². The van der Waals surface area contributed by atoms with E-state index in [1.807, 2.05) is 0 Å². The Balaban J connectivity index is 2.84. The minimum atomic E-state index is -0.715. The van der Waals surface area contributed by atoms with Gasteiger partial charge in [0, 0.05) is 11.8 Å². The Hall–Kier alpha value is -1.94. The highest BCUT2D eigenvalue weighted by Gasteiger charge is 2.38. The van der Waals surface area contributed by atoms with Gasteiger partial charge in [-0.1, -0.05) is 24.7 Å². The molecule has 120 valence electrons. The van der Waals surface area contributed by atoms with E-state index in [-0.39, 0.29) is 23.7 Å². The second-order valence-electron chi connectivity index (χ2n) is 7.01. The van der Waals surface area contributed by atoms with Crippen LogP contribution < -0.4 is 10.6 Å². The molecule has 0 bridgehead atoms. The smallest absolute Gasteiger partial charge is 0.225 e. The van der Waals surface area contributed by atoms with E-state index < -0.39 is 11.1 Å². The zero-order valence-electron chi connectivity index (χ0n) is 14.0. The average molecular weight is 302 g/mol. The number of terminal acetylenes is 2. The first-order chi connectivity index (χ1) is 10.1. The van der Waals surface area contributed by atoms with Gasteiger partial charge < -0.3 is 10.6 Å². The standard InChI is InChI=1S/C18H26N2O2/c1-7-17(3,4)19-15(21)13-11-9-10-12-14(13)16(22)20-18(5,6)8-2/h1-2,13-14H,9-12H2,3-6H3,(H,19,21)(H,20,22)/t13-,14-/m0/s1. The van der Waals surface area contributed by atoms with E-state index in [4.69, 9.17) is 12.8 Å². The van der Waals surface area contributed by atoms with Crippen LogP contribution in [0.3, 0.4) is 0 Å². The molecular formula is C18H26N2O2. The molecule has 0 radical (unpaired) electrons. The van der Waals surface area contributed by atoms with Gasteiger partial charge >= 0.3 is 0 Å². The number of nitrogens with one attached hydrogen (secondary N) is 2. The molecule has 4 heteroatoms. The number of rotatable bonds is 4. The topological polar surface area (TPSA) is 58.2 Å². The maximum absolute atomic E-state index is 12.5. The Morgan fingerprint density at radius 3 is 1.45 bits per heavy atom. The molecule has 0 unspecified atom stereocenters. The summed E-state index contributed by atoms with van der Waals surface area (Å²) in [5.41, 5.74) is -1.43. The fraction of sp³-hybridized carbons (Fsp3) is 0.667. The molecule has 0 saturated heterocycles. The normalized spacial score (nSPS) is 22.1. The van der Waals surface area contributed by atoms with Gasteiger partial charge in [-0.2, -0.15) is 0 Å². The molecule has 0 heterocycles. The molecule has 1 rings (SSSR count). The number of hydrogen-bond donors (Lipinski definition) is 2. The summed E-state index contributed by atoms with van der Waals surface area (Å²) in [4.78, 5) is 25.0. The highest BCUT2D eigenvalue weighted by Crippen LogP contribution is 2.31. The lowest BCUT2D eigenvalue weighted by molar-refractivity contribution is -0.137. The predicted octanol–water partition coefficient (Wildman–Crippen LogP) is 1.85. The van der Waals surface area contributed by atoms with Crippen molar-refractivity contribution in [3.05, 3.63) is 0 Å². The summed E-state index contributed by atoms with van der Waals surface area (Å²) in [6.07, 6.45) is 14.1. The van der Waals surface area contributed by atoms with Crippen molar-refractivity contribution in [3.8, 4) is 24.7 Å². The second kappa shape index (κ2) is 6.88. The Kier molecular flexibility index (Phi) is 5.66. The van der Waals surface area contributed by atoms with Crippen molar-refractivity contribution < 1.29 is 9.59 Å². The highest BCUT2D eigenvalue weighted by molar-refractivity contribution is 5.88. The molecule has 22 heavy (non-hydrogen) atoms. The van der Waals surface area contributed by atoms with E-state index in [1.165, 1.54) is 0 Å². The van der Waals surface area contributed by atoms with E-state index in [9.17, 15) is 9.59 Å². The molecule has 4 nitrogen and oxygen atoms in total. The summed E-state index contributed by atoms with van der Waals surface area (Å²) in [6, 6.07) is 0. The molecule has 2 amide bonds. The fourth-order valence-electron chi connectivity index (χ4n) is 2.63. The minimum absolute atomic E-state index is 0.152. The monoisotopic (exact) mass is 302 g/mol. The minimum Gasteiger partial charge on any atom is -0.340 e. The first-order valence-corrected chi connectivity index (χ1v) is 7.71. The van der Waals surface area contributed by atoms with Gasteiger partial charge in [0.25, 0.3) is 0 Å². The van der Waals surface area contributed by atoms with Crippen LogP contribution in [0.25, 0.3) is 0 Å². The predicted molar refractivity (Wildman–Crippen MR) is 87.6 cm³/mol. The third-order valence-electron chi connectivity index (χ3n) is 4.03. The van der Waals surface area contributed by atoms with E-state index in [1.54, 1.807) is 27.7 Å². The third-order valence-corrected chi connectivity index (χ3v) is 4.03. The largest absolute Gasteiger partial charge is 0.340 e. The molecule has 1 aliphatic rings. The lowest BCUT2D eigenvalue weighted by Crippen LogP contribution is -2.52. The Bertz CT molecular complexity index is 472. The van der Waals surface area contributed by atoms with E-state index in [0.29, 0.717) is 12.8 Å². The lowest BCUT2D eigenvalue weighted by atomic mass is 9.77. The molecule has 0 spiro atoms. The van der Waals surface area contributed by atoms with Gasteiger partial charge in [0.2, 0.25) is 11.8 Å². The zero-order valence-corrected chi connectivity index (χ0v) is 14.0. The molecule has 2 atom stereocenters. The van der Waals surface area contributed by atoms with Crippen LogP contribution in [0.15, 0.2) is 0 Å². The summed E-state index contributed by atoms with van der Waals surface area (Å²) in [5.74, 6) is 4.08. The number of amides is 2. The SMILES string of the molecule is C#CC(C)(C)NC(=O)[C@H]1CCCC[C@@H]1C(=O)NC(C)(C)C#C. The Morgan fingerprint density at radius 2 is 1.18 bits per heavy atom. The fourth-order valence-corrected chi connectivity index (χ4v) is 2.63. The third kappa shape index (κ3) is 4.81. The van der Waals surface area contributed by atoms with Crippen LogP contribution in [-0.4, -0.2) is 22.9 Å². The lowest BCUT2D eigenvalue weighted by Gasteiger charge is -2.33. The molecule has 2 N–H and O–H groups in total. The molecule has 0 aromatic rings. The van der Waals surface area contributed by atoms with Gasteiger partial charge in [-0.15, -0.1) is 12.8 Å².